The number of imide groups is 1. The van der Waals surface area contributed by atoms with Gasteiger partial charge in [-0.2, -0.15) is 0 Å². The quantitative estimate of drug-likeness (QED) is 0.0855. The van der Waals surface area contributed by atoms with E-state index in [4.69, 9.17) is 37.9 Å². The lowest BCUT2D eigenvalue weighted by molar-refractivity contribution is -0.138. The molecule has 1 N–H and O–H groups in total. The van der Waals surface area contributed by atoms with Crippen LogP contribution in [0.4, 0.5) is 0 Å². The van der Waals surface area contributed by atoms with Crippen LogP contribution in [0, 0.1) is 5.92 Å². The highest BCUT2D eigenvalue weighted by molar-refractivity contribution is 6.12. The highest BCUT2D eigenvalue weighted by Gasteiger charge is 2.26. The average molecular weight is 660 g/mol. The van der Waals surface area contributed by atoms with Gasteiger partial charge < -0.3 is 48.1 Å². The molecule has 2 aliphatic heterocycles. The number of ether oxygens (including phenoxy) is 8. The Labute approximate surface area is 274 Å². The predicted molar refractivity (Wildman–Crippen MR) is 169 cm³/mol. The Hall–Kier alpha value is -2.01. The maximum atomic E-state index is 12.4. The molecule has 0 aliphatic carbocycles. The molecule has 0 spiro atoms. The van der Waals surface area contributed by atoms with Crippen molar-refractivity contribution in [2.75, 3.05) is 132 Å². The fourth-order valence-corrected chi connectivity index (χ4v) is 5.09. The zero-order chi connectivity index (χ0) is 33.1. The number of carbonyl (C=O) groups excluding carboxylic acids is 3. The van der Waals surface area contributed by atoms with Gasteiger partial charge in [-0.15, -0.1) is 0 Å². The summed E-state index contributed by atoms with van der Waals surface area (Å²) in [4.78, 5) is 38.3. The molecule has 2 rings (SSSR count). The number of hydrogen-bond donors (Lipinski definition) is 1. The van der Waals surface area contributed by atoms with Crippen molar-refractivity contribution in [1.29, 1.82) is 0 Å². The topological polar surface area (TPSA) is 144 Å². The average Bonchev–Trinajstić information content (AvgIpc) is 3.39. The van der Waals surface area contributed by atoms with Gasteiger partial charge in [0.25, 0.3) is 11.8 Å². The van der Waals surface area contributed by atoms with Gasteiger partial charge in [0, 0.05) is 31.3 Å². The molecular formula is C32H57N3O11. The van der Waals surface area contributed by atoms with Gasteiger partial charge in [0.05, 0.1) is 119 Å². The summed E-state index contributed by atoms with van der Waals surface area (Å²) in [6.45, 7) is 11.3. The summed E-state index contributed by atoms with van der Waals surface area (Å²) in [6.07, 6.45) is 6.18. The van der Waals surface area contributed by atoms with Gasteiger partial charge in [-0.05, 0) is 32.2 Å². The second-order valence-electron chi connectivity index (χ2n) is 10.8. The van der Waals surface area contributed by atoms with E-state index >= 15 is 0 Å². The first-order valence-corrected chi connectivity index (χ1v) is 16.7. The molecule has 0 radical (unpaired) electrons. The number of nitrogens with zero attached hydrogens (tertiary/aromatic N) is 2. The van der Waals surface area contributed by atoms with Gasteiger partial charge in [-0.1, -0.05) is 6.92 Å². The van der Waals surface area contributed by atoms with E-state index in [9.17, 15) is 14.4 Å². The van der Waals surface area contributed by atoms with Crippen LogP contribution >= 0.6 is 0 Å². The summed E-state index contributed by atoms with van der Waals surface area (Å²) in [5.74, 6) is 0.217. The molecule has 1 saturated heterocycles. The van der Waals surface area contributed by atoms with E-state index in [2.05, 4.69) is 12.2 Å². The van der Waals surface area contributed by atoms with Crippen LogP contribution in [-0.2, 0) is 52.3 Å². The summed E-state index contributed by atoms with van der Waals surface area (Å²) in [5.41, 5.74) is 0. The number of amides is 3. The zero-order valence-electron chi connectivity index (χ0n) is 28.0. The third-order valence-corrected chi connectivity index (χ3v) is 7.70. The lowest BCUT2D eigenvalue weighted by atomic mass is 9.88. The minimum atomic E-state index is -0.306. The molecule has 266 valence electrons. The summed E-state index contributed by atoms with van der Waals surface area (Å²) < 4.78 is 43.7. The van der Waals surface area contributed by atoms with Crippen molar-refractivity contribution in [1.82, 2.24) is 15.1 Å². The molecular weight excluding hydrogens is 602 g/mol. The SMILES string of the molecule is CCC(NC)C1CCN(C(=O)CCOCCOCCOCCOCCOCCOCCOCCOCCN2C(=O)C=CC2=O)CC1. The van der Waals surface area contributed by atoms with Crippen LogP contribution in [0.2, 0.25) is 0 Å². The van der Waals surface area contributed by atoms with E-state index in [-0.39, 0.29) is 30.9 Å². The molecule has 0 bridgehead atoms. The summed E-state index contributed by atoms with van der Waals surface area (Å²) in [6, 6.07) is 0.544. The molecule has 0 saturated carbocycles. The first-order valence-electron chi connectivity index (χ1n) is 16.7. The van der Waals surface area contributed by atoms with Crippen LogP contribution in [0.25, 0.3) is 0 Å². The number of rotatable bonds is 30. The third kappa shape index (κ3) is 18.4. The van der Waals surface area contributed by atoms with Crippen LogP contribution in [0.3, 0.4) is 0 Å². The Bertz CT molecular complexity index is 818. The van der Waals surface area contributed by atoms with Crippen molar-refractivity contribution in [3.63, 3.8) is 0 Å². The molecule has 2 aliphatic rings. The number of likely N-dealkylation sites (tertiary alicyclic amines) is 1. The van der Waals surface area contributed by atoms with Crippen molar-refractivity contribution in [3.8, 4) is 0 Å². The lowest BCUT2D eigenvalue weighted by Crippen LogP contribution is -2.44. The Morgan fingerprint density at radius 2 is 1.04 bits per heavy atom. The predicted octanol–water partition coefficient (Wildman–Crippen LogP) is 0.671. The first-order chi connectivity index (χ1) is 22.6. The second kappa shape index (κ2) is 27.0. The molecule has 1 fully saturated rings. The smallest absolute Gasteiger partial charge is 0.253 e. The number of carbonyl (C=O) groups is 3. The van der Waals surface area contributed by atoms with E-state index in [0.29, 0.717) is 117 Å². The van der Waals surface area contributed by atoms with E-state index in [1.807, 2.05) is 11.9 Å². The van der Waals surface area contributed by atoms with Crippen LogP contribution in [-0.4, -0.2) is 166 Å². The van der Waals surface area contributed by atoms with E-state index in [0.717, 1.165) is 37.3 Å². The number of nitrogens with one attached hydrogen (secondary N) is 1. The first kappa shape index (κ1) is 40.2. The number of piperidine rings is 1. The molecule has 2 heterocycles. The highest BCUT2D eigenvalue weighted by Crippen LogP contribution is 2.22. The highest BCUT2D eigenvalue weighted by atomic mass is 16.6. The van der Waals surface area contributed by atoms with Crippen molar-refractivity contribution in [2.24, 2.45) is 5.92 Å². The van der Waals surface area contributed by atoms with E-state index < -0.39 is 0 Å². The molecule has 1 unspecified atom stereocenters. The van der Waals surface area contributed by atoms with Gasteiger partial charge in [0.15, 0.2) is 0 Å². The van der Waals surface area contributed by atoms with Gasteiger partial charge in [0.2, 0.25) is 5.91 Å². The van der Waals surface area contributed by atoms with Crippen molar-refractivity contribution >= 4 is 17.7 Å². The summed E-state index contributed by atoms with van der Waals surface area (Å²) >= 11 is 0. The lowest BCUT2D eigenvalue weighted by Gasteiger charge is -2.35. The Kier molecular flexibility index (Phi) is 23.6. The third-order valence-electron chi connectivity index (χ3n) is 7.70. The minimum Gasteiger partial charge on any atom is -0.379 e. The molecule has 14 nitrogen and oxygen atoms in total. The zero-order valence-corrected chi connectivity index (χ0v) is 28.0. The molecule has 46 heavy (non-hydrogen) atoms. The monoisotopic (exact) mass is 659 g/mol. The summed E-state index contributed by atoms with van der Waals surface area (Å²) in [7, 11) is 2.02. The molecule has 0 aromatic rings. The molecule has 0 aromatic carbocycles. The second-order valence-corrected chi connectivity index (χ2v) is 10.8. The van der Waals surface area contributed by atoms with Gasteiger partial charge in [-0.3, -0.25) is 19.3 Å². The maximum absolute atomic E-state index is 12.4. The van der Waals surface area contributed by atoms with Crippen LogP contribution in [0.5, 0.6) is 0 Å². The maximum Gasteiger partial charge on any atom is 0.253 e. The fourth-order valence-electron chi connectivity index (χ4n) is 5.09. The Balaban J connectivity index is 1.20. The Morgan fingerprint density at radius 3 is 1.41 bits per heavy atom. The van der Waals surface area contributed by atoms with Gasteiger partial charge >= 0.3 is 0 Å². The van der Waals surface area contributed by atoms with Gasteiger partial charge in [-0.25, -0.2) is 0 Å². The fraction of sp³-hybridized carbons (Fsp3) is 0.844. The van der Waals surface area contributed by atoms with Crippen molar-refractivity contribution in [2.45, 2.75) is 38.6 Å². The van der Waals surface area contributed by atoms with Crippen LogP contribution in [0.15, 0.2) is 12.2 Å². The van der Waals surface area contributed by atoms with E-state index in [1.54, 1.807) is 0 Å². The number of hydrogen-bond acceptors (Lipinski definition) is 12. The van der Waals surface area contributed by atoms with Crippen LogP contribution in [0.1, 0.15) is 32.6 Å². The Morgan fingerprint density at radius 1 is 0.674 bits per heavy atom. The normalized spacial score (nSPS) is 16.2. The van der Waals surface area contributed by atoms with Gasteiger partial charge in [0.1, 0.15) is 0 Å². The standard InChI is InChI=1S/C32H57N3O11/c1-3-29(33-2)28-6-9-34(10-7-28)30(36)8-12-39-14-16-41-18-20-43-22-24-45-26-27-46-25-23-44-21-19-42-17-15-40-13-11-35-31(37)4-5-32(35)38/h4-5,28-29,33H,3,6-27H2,1-2H3. The van der Waals surface area contributed by atoms with Crippen molar-refractivity contribution < 1.29 is 52.3 Å². The minimum absolute atomic E-state index is 0.177. The van der Waals surface area contributed by atoms with E-state index in [1.165, 1.54) is 12.2 Å². The molecule has 14 heteroatoms. The van der Waals surface area contributed by atoms with Crippen molar-refractivity contribution in [3.05, 3.63) is 12.2 Å². The van der Waals surface area contributed by atoms with Crippen LogP contribution < -0.4 is 5.32 Å². The molecule has 0 aromatic heterocycles. The summed E-state index contributed by atoms with van der Waals surface area (Å²) in [5, 5.41) is 3.40. The molecule has 3 amide bonds. The largest absolute Gasteiger partial charge is 0.379 e. The molecule has 1 atom stereocenters.